The summed E-state index contributed by atoms with van der Waals surface area (Å²) in [6, 6.07) is 17.4. The zero-order valence-electron chi connectivity index (χ0n) is 21.6. The van der Waals surface area contributed by atoms with Crippen molar-refractivity contribution in [2.75, 3.05) is 31.9 Å². The number of pyridine rings is 1. The molecule has 0 radical (unpaired) electrons. The van der Waals surface area contributed by atoms with Crippen molar-refractivity contribution in [2.24, 2.45) is 0 Å². The first-order chi connectivity index (χ1) is 17.9. The Hall–Kier alpha value is -3.91. The molecule has 0 aliphatic rings. The summed E-state index contributed by atoms with van der Waals surface area (Å²) in [5, 5.41) is 3.64. The fourth-order valence-corrected chi connectivity index (χ4v) is 4.70. The number of aryl methyl sites for hydroxylation is 3. The number of methoxy groups -OCH3 is 2. The summed E-state index contributed by atoms with van der Waals surface area (Å²) in [5.41, 5.74) is 4.33. The van der Waals surface area contributed by atoms with Gasteiger partial charge in [-0.25, -0.2) is 4.79 Å². The zero-order chi connectivity index (χ0) is 26.4. The molecule has 1 aromatic heterocycles. The van der Waals surface area contributed by atoms with Gasteiger partial charge in [-0.15, -0.1) is 11.8 Å². The number of amides is 1. The number of carbonyl (C=O) groups is 1. The lowest BCUT2D eigenvalue weighted by molar-refractivity contribution is 0.169. The quantitative estimate of drug-likeness (QED) is 0.184. The molecule has 0 fully saturated rings. The molecule has 1 heterocycles. The Balaban J connectivity index is 1.42. The summed E-state index contributed by atoms with van der Waals surface area (Å²) in [7, 11) is 3.18. The van der Waals surface area contributed by atoms with Crippen molar-refractivity contribution < 1.29 is 23.7 Å². The normalized spacial score (nSPS) is 10.7. The van der Waals surface area contributed by atoms with E-state index in [0.717, 1.165) is 22.0 Å². The smallest absolute Gasteiger partial charge is 0.411 e. The van der Waals surface area contributed by atoms with Crippen molar-refractivity contribution in [3.05, 3.63) is 77.5 Å². The van der Waals surface area contributed by atoms with Crippen LogP contribution in [0, 0.1) is 20.8 Å². The Morgan fingerprint density at radius 3 is 2.38 bits per heavy atom. The molecule has 0 bridgehead atoms. The fraction of sp³-hybridized carbons (Fsp3) is 0.241. The summed E-state index contributed by atoms with van der Waals surface area (Å²) in [6.45, 7) is 6.22. The largest absolute Gasteiger partial charge is 0.493 e. The Bertz CT molecular complexity index is 1420. The topological polar surface area (TPSA) is 78.9 Å². The molecule has 1 amide bonds. The van der Waals surface area contributed by atoms with Gasteiger partial charge in [0, 0.05) is 34.0 Å². The lowest BCUT2D eigenvalue weighted by Gasteiger charge is -2.16. The highest BCUT2D eigenvalue weighted by molar-refractivity contribution is 7.99. The molecule has 7 nitrogen and oxygen atoms in total. The van der Waals surface area contributed by atoms with E-state index in [0.29, 0.717) is 41.0 Å². The van der Waals surface area contributed by atoms with Gasteiger partial charge in [0.2, 0.25) is 0 Å². The summed E-state index contributed by atoms with van der Waals surface area (Å²) >= 11 is 1.67. The zero-order valence-corrected chi connectivity index (χ0v) is 22.4. The molecule has 37 heavy (non-hydrogen) atoms. The molecule has 3 aromatic carbocycles. The Morgan fingerprint density at radius 1 is 0.865 bits per heavy atom. The number of carbonyl (C=O) groups excluding carboxylic acids is 1. The SMILES string of the molecule is COc1cc2nccc(Oc3cc(C)c(NC(=O)OCCSc4ccccc4C)cc3C)c2cc1OC. The second-order valence-electron chi connectivity index (χ2n) is 8.44. The van der Waals surface area contributed by atoms with E-state index < -0.39 is 6.09 Å². The van der Waals surface area contributed by atoms with Crippen LogP contribution in [0.15, 0.2) is 65.7 Å². The number of hydrogen-bond donors (Lipinski definition) is 1. The maximum Gasteiger partial charge on any atom is 0.411 e. The highest BCUT2D eigenvalue weighted by Gasteiger charge is 2.14. The number of nitrogens with zero attached hydrogens (tertiary/aromatic N) is 1. The number of fused-ring (bicyclic) bond motifs is 1. The minimum atomic E-state index is -0.484. The molecule has 0 atom stereocenters. The Morgan fingerprint density at radius 2 is 1.62 bits per heavy atom. The maximum absolute atomic E-state index is 12.4. The number of rotatable bonds is 9. The van der Waals surface area contributed by atoms with Crippen LogP contribution in [-0.2, 0) is 4.74 Å². The second kappa shape index (κ2) is 11.9. The van der Waals surface area contributed by atoms with Gasteiger partial charge in [0.05, 0.1) is 19.7 Å². The van der Waals surface area contributed by atoms with Crippen molar-refractivity contribution in [3.8, 4) is 23.0 Å². The third kappa shape index (κ3) is 6.27. The van der Waals surface area contributed by atoms with Gasteiger partial charge >= 0.3 is 6.09 Å². The fourth-order valence-electron chi connectivity index (χ4n) is 3.84. The van der Waals surface area contributed by atoms with Gasteiger partial charge in [-0.2, -0.15) is 0 Å². The Labute approximate surface area is 221 Å². The van der Waals surface area contributed by atoms with Crippen LogP contribution in [0.2, 0.25) is 0 Å². The molecule has 0 spiro atoms. The van der Waals surface area contributed by atoms with Crippen LogP contribution in [0.5, 0.6) is 23.0 Å². The number of thioether (sulfide) groups is 1. The standard InChI is InChI=1S/C29H30N2O5S/c1-18-8-6-7-9-28(18)37-13-12-35-29(32)31-22-14-20(3)25(15-19(22)2)36-24-10-11-30-23-17-27(34-5)26(33-4)16-21(23)24/h6-11,14-17H,12-13H2,1-5H3,(H,31,32). The van der Waals surface area contributed by atoms with Crippen LogP contribution in [0.3, 0.4) is 0 Å². The molecule has 0 unspecified atom stereocenters. The van der Waals surface area contributed by atoms with E-state index in [1.165, 1.54) is 10.5 Å². The molecule has 0 saturated heterocycles. The second-order valence-corrected chi connectivity index (χ2v) is 9.58. The predicted molar refractivity (Wildman–Crippen MR) is 148 cm³/mol. The average molecular weight is 519 g/mol. The van der Waals surface area contributed by atoms with Gasteiger partial charge < -0.3 is 18.9 Å². The van der Waals surface area contributed by atoms with Crippen LogP contribution in [0.25, 0.3) is 10.9 Å². The van der Waals surface area contributed by atoms with E-state index in [4.69, 9.17) is 18.9 Å². The summed E-state index contributed by atoms with van der Waals surface area (Å²) in [6.07, 6.45) is 1.21. The van der Waals surface area contributed by atoms with Gasteiger partial charge in [0.15, 0.2) is 11.5 Å². The van der Waals surface area contributed by atoms with Gasteiger partial charge in [-0.05, 0) is 67.8 Å². The number of benzene rings is 3. The first-order valence-electron chi connectivity index (χ1n) is 11.8. The number of hydrogen-bond acceptors (Lipinski definition) is 7. The molecule has 1 N–H and O–H groups in total. The molecule has 0 saturated carbocycles. The summed E-state index contributed by atoms with van der Waals surface area (Å²) < 4.78 is 22.5. The molecule has 192 valence electrons. The van der Waals surface area contributed by atoms with Crippen molar-refractivity contribution in [2.45, 2.75) is 25.7 Å². The maximum atomic E-state index is 12.4. The number of aromatic nitrogens is 1. The highest BCUT2D eigenvalue weighted by Crippen LogP contribution is 2.38. The van der Waals surface area contributed by atoms with E-state index in [-0.39, 0.29) is 0 Å². The number of anilines is 1. The average Bonchev–Trinajstić information content (AvgIpc) is 2.89. The van der Waals surface area contributed by atoms with Crippen molar-refractivity contribution >= 4 is 34.4 Å². The molecule has 0 aliphatic carbocycles. The van der Waals surface area contributed by atoms with Gasteiger partial charge in [-0.1, -0.05) is 18.2 Å². The highest BCUT2D eigenvalue weighted by atomic mass is 32.2. The van der Waals surface area contributed by atoms with E-state index in [1.807, 2.05) is 56.3 Å². The first-order valence-corrected chi connectivity index (χ1v) is 12.8. The van der Waals surface area contributed by atoms with Crippen molar-refractivity contribution in [1.82, 2.24) is 4.98 Å². The summed E-state index contributed by atoms with van der Waals surface area (Å²) in [5.74, 6) is 3.19. The molecule has 4 aromatic rings. The predicted octanol–water partition coefficient (Wildman–Crippen LogP) is 7.31. The van der Waals surface area contributed by atoms with Crippen LogP contribution in [0.4, 0.5) is 10.5 Å². The van der Waals surface area contributed by atoms with Gasteiger partial charge in [-0.3, -0.25) is 10.3 Å². The molecule has 4 rings (SSSR count). The molecule has 0 aliphatic heterocycles. The van der Waals surface area contributed by atoms with Crippen molar-refractivity contribution in [3.63, 3.8) is 0 Å². The summed E-state index contributed by atoms with van der Waals surface area (Å²) in [4.78, 5) is 18.0. The van der Waals surface area contributed by atoms with Crippen LogP contribution >= 0.6 is 11.8 Å². The number of nitrogens with one attached hydrogen (secondary N) is 1. The monoisotopic (exact) mass is 518 g/mol. The van der Waals surface area contributed by atoms with E-state index in [1.54, 1.807) is 32.2 Å². The van der Waals surface area contributed by atoms with E-state index in [2.05, 4.69) is 29.4 Å². The third-order valence-electron chi connectivity index (χ3n) is 5.85. The molecular weight excluding hydrogens is 488 g/mol. The van der Waals surface area contributed by atoms with Crippen LogP contribution < -0.4 is 19.5 Å². The molecule has 8 heteroatoms. The minimum absolute atomic E-state index is 0.313. The van der Waals surface area contributed by atoms with Gasteiger partial charge in [0.1, 0.15) is 18.1 Å². The Kier molecular flexibility index (Phi) is 8.40. The third-order valence-corrected chi connectivity index (χ3v) is 6.99. The van der Waals surface area contributed by atoms with Gasteiger partial charge in [0.25, 0.3) is 0 Å². The lowest BCUT2D eigenvalue weighted by atomic mass is 10.1. The van der Waals surface area contributed by atoms with Crippen LogP contribution in [-0.4, -0.2) is 37.7 Å². The van der Waals surface area contributed by atoms with Crippen LogP contribution in [0.1, 0.15) is 16.7 Å². The van der Waals surface area contributed by atoms with Crippen molar-refractivity contribution in [1.29, 1.82) is 0 Å². The lowest BCUT2D eigenvalue weighted by Crippen LogP contribution is -2.16. The van der Waals surface area contributed by atoms with E-state index in [9.17, 15) is 4.79 Å². The van der Waals surface area contributed by atoms with E-state index >= 15 is 0 Å². The molecular formula is C29H30N2O5S. The number of ether oxygens (including phenoxy) is 4. The first kappa shape index (κ1) is 26.2. The minimum Gasteiger partial charge on any atom is -0.493 e.